The highest BCUT2D eigenvalue weighted by atomic mass is 32.2. The number of carbonyl (C=O) groups is 1. The Bertz CT molecular complexity index is 879. The van der Waals surface area contributed by atoms with Gasteiger partial charge >= 0.3 is 5.97 Å². The highest BCUT2D eigenvalue weighted by molar-refractivity contribution is 7.92. The Morgan fingerprint density at radius 3 is 2.75 bits per heavy atom. The lowest BCUT2D eigenvalue weighted by atomic mass is 9.95. The number of anilines is 1. The van der Waals surface area contributed by atoms with Crippen molar-refractivity contribution >= 4 is 21.7 Å². The van der Waals surface area contributed by atoms with Crippen molar-refractivity contribution in [2.24, 2.45) is 0 Å². The molecule has 1 aliphatic rings. The van der Waals surface area contributed by atoms with Crippen molar-refractivity contribution in [1.82, 2.24) is 4.98 Å². The van der Waals surface area contributed by atoms with Crippen molar-refractivity contribution < 1.29 is 17.9 Å². The number of esters is 1. The number of sulfonamides is 1. The van der Waals surface area contributed by atoms with Gasteiger partial charge in [-0.25, -0.2) is 13.2 Å². The number of pyridine rings is 1. The van der Waals surface area contributed by atoms with Crippen LogP contribution in [0.2, 0.25) is 0 Å². The van der Waals surface area contributed by atoms with Crippen molar-refractivity contribution in [3.05, 3.63) is 53.3 Å². The van der Waals surface area contributed by atoms with Crippen LogP contribution in [0.5, 0.6) is 0 Å². The Labute approximate surface area is 141 Å². The molecule has 0 radical (unpaired) electrons. The average Bonchev–Trinajstić information content (AvgIpc) is 2.62. The zero-order valence-electron chi connectivity index (χ0n) is 13.5. The van der Waals surface area contributed by atoms with Crippen molar-refractivity contribution in [3.8, 4) is 0 Å². The number of aromatic nitrogens is 1. The summed E-state index contributed by atoms with van der Waals surface area (Å²) < 4.78 is 32.3. The first-order valence-electron chi connectivity index (χ1n) is 7.60. The van der Waals surface area contributed by atoms with Crippen LogP contribution in [0.15, 0.2) is 41.6 Å². The topological polar surface area (TPSA) is 76.6 Å². The number of carbonyl (C=O) groups excluding carboxylic acids is 1. The van der Waals surface area contributed by atoms with Gasteiger partial charge in [-0.2, -0.15) is 0 Å². The molecular weight excluding hydrogens is 328 g/mol. The molecule has 0 saturated carbocycles. The van der Waals surface area contributed by atoms with Gasteiger partial charge in [0.15, 0.2) is 0 Å². The summed E-state index contributed by atoms with van der Waals surface area (Å²) in [5.74, 6) is -0.542. The molecule has 1 aromatic heterocycles. The summed E-state index contributed by atoms with van der Waals surface area (Å²) in [4.78, 5) is 16.2. The van der Waals surface area contributed by atoms with E-state index in [-0.39, 0.29) is 10.5 Å². The van der Waals surface area contributed by atoms with Gasteiger partial charge in [0.05, 0.1) is 18.4 Å². The monoisotopic (exact) mass is 346 g/mol. The number of fused-ring (bicyclic) bond motifs is 1. The third-order valence-corrected chi connectivity index (χ3v) is 5.96. The smallest absolute Gasteiger partial charge is 0.340 e. The standard InChI is InChI=1S/C17H18N2O4S/c1-12-7-8-15(17(20)23-2)16-14(12)6-4-10-19(16)24(21,22)13-5-3-9-18-11-13/h3,5,7-9,11H,4,6,10H2,1-2H3. The lowest BCUT2D eigenvalue weighted by Gasteiger charge is -2.32. The molecule has 1 aliphatic heterocycles. The third kappa shape index (κ3) is 2.65. The van der Waals surface area contributed by atoms with Crippen molar-refractivity contribution in [1.29, 1.82) is 0 Å². The van der Waals surface area contributed by atoms with E-state index in [2.05, 4.69) is 4.98 Å². The minimum Gasteiger partial charge on any atom is -0.465 e. The van der Waals surface area contributed by atoms with Crippen LogP contribution in [0, 0.1) is 6.92 Å². The number of hydrogen-bond donors (Lipinski definition) is 0. The number of ether oxygens (including phenoxy) is 1. The summed E-state index contributed by atoms with van der Waals surface area (Å²) in [7, 11) is -2.50. The van der Waals surface area contributed by atoms with Gasteiger partial charge in [-0.1, -0.05) is 6.07 Å². The van der Waals surface area contributed by atoms with Crippen LogP contribution < -0.4 is 4.31 Å². The fourth-order valence-electron chi connectivity index (χ4n) is 2.99. The molecule has 0 saturated heterocycles. The lowest BCUT2D eigenvalue weighted by molar-refractivity contribution is 0.0601. The second-order valence-electron chi connectivity index (χ2n) is 5.62. The summed E-state index contributed by atoms with van der Waals surface area (Å²) in [5, 5.41) is 0. The normalized spacial score (nSPS) is 14.2. The molecule has 0 N–H and O–H groups in total. The number of rotatable bonds is 3. The number of hydrogen-bond acceptors (Lipinski definition) is 5. The van der Waals surface area contributed by atoms with E-state index in [1.807, 2.05) is 13.0 Å². The van der Waals surface area contributed by atoms with Crippen LogP contribution in [0.25, 0.3) is 0 Å². The molecule has 0 amide bonds. The number of nitrogens with zero attached hydrogens (tertiary/aromatic N) is 2. The maximum atomic E-state index is 13.1. The molecule has 0 fully saturated rings. The predicted octanol–water partition coefficient (Wildman–Crippen LogP) is 2.32. The first kappa shape index (κ1) is 16.4. The average molecular weight is 346 g/mol. The van der Waals surface area contributed by atoms with Crippen molar-refractivity contribution in [2.45, 2.75) is 24.7 Å². The second kappa shape index (κ2) is 6.24. The second-order valence-corrected chi connectivity index (χ2v) is 7.48. The fraction of sp³-hybridized carbons (Fsp3) is 0.294. The lowest BCUT2D eigenvalue weighted by Crippen LogP contribution is -2.37. The summed E-state index contributed by atoms with van der Waals surface area (Å²) in [6.45, 7) is 2.23. The van der Waals surface area contributed by atoms with Gasteiger partial charge in [0.1, 0.15) is 4.90 Å². The van der Waals surface area contributed by atoms with E-state index in [1.54, 1.807) is 12.1 Å². The molecule has 0 unspecified atom stereocenters. The Hall–Kier alpha value is -2.41. The molecule has 0 atom stereocenters. The van der Waals surface area contributed by atoms with Crippen LogP contribution in [0.4, 0.5) is 5.69 Å². The summed E-state index contributed by atoms with van der Waals surface area (Å²) in [5.41, 5.74) is 2.53. The Kier molecular flexibility index (Phi) is 4.28. The molecule has 0 spiro atoms. The maximum Gasteiger partial charge on any atom is 0.340 e. The van der Waals surface area contributed by atoms with Crippen LogP contribution in [-0.2, 0) is 21.2 Å². The van der Waals surface area contributed by atoms with E-state index in [0.29, 0.717) is 18.7 Å². The zero-order valence-corrected chi connectivity index (χ0v) is 14.3. The molecule has 1 aromatic carbocycles. The third-order valence-electron chi connectivity index (χ3n) is 4.18. The van der Waals surface area contributed by atoms with Crippen molar-refractivity contribution in [3.63, 3.8) is 0 Å². The van der Waals surface area contributed by atoms with Crippen molar-refractivity contribution in [2.75, 3.05) is 18.0 Å². The minimum atomic E-state index is -3.79. The van der Waals surface area contributed by atoms with Gasteiger partial charge < -0.3 is 4.74 Å². The molecule has 0 aliphatic carbocycles. The molecular formula is C17H18N2O4S. The number of benzene rings is 1. The van der Waals surface area contributed by atoms with Gasteiger partial charge in [-0.3, -0.25) is 9.29 Å². The van der Waals surface area contributed by atoms with E-state index >= 15 is 0 Å². The summed E-state index contributed by atoms with van der Waals surface area (Å²) >= 11 is 0. The quantitative estimate of drug-likeness (QED) is 0.797. The Morgan fingerprint density at radius 2 is 2.08 bits per heavy atom. The van der Waals surface area contributed by atoms with Gasteiger partial charge in [0, 0.05) is 18.9 Å². The Morgan fingerprint density at radius 1 is 1.29 bits per heavy atom. The molecule has 24 heavy (non-hydrogen) atoms. The SMILES string of the molecule is COC(=O)c1ccc(C)c2c1N(S(=O)(=O)c1cccnc1)CCC2. The van der Waals surface area contributed by atoms with E-state index in [4.69, 9.17) is 4.74 Å². The van der Waals surface area contributed by atoms with Gasteiger partial charge in [0.25, 0.3) is 10.0 Å². The minimum absolute atomic E-state index is 0.107. The van der Waals surface area contributed by atoms with E-state index in [9.17, 15) is 13.2 Å². The first-order valence-corrected chi connectivity index (χ1v) is 9.04. The van der Waals surface area contributed by atoms with Crippen LogP contribution >= 0.6 is 0 Å². The largest absolute Gasteiger partial charge is 0.465 e. The van der Waals surface area contributed by atoms with Gasteiger partial charge in [-0.15, -0.1) is 0 Å². The maximum absolute atomic E-state index is 13.1. The number of aryl methyl sites for hydroxylation is 1. The van der Waals surface area contributed by atoms with Crippen LogP contribution in [0.3, 0.4) is 0 Å². The summed E-state index contributed by atoms with van der Waals surface area (Å²) in [6.07, 6.45) is 4.26. The molecule has 2 aromatic rings. The molecule has 3 rings (SSSR count). The molecule has 126 valence electrons. The van der Waals surface area contributed by atoms with E-state index in [1.165, 1.54) is 29.9 Å². The van der Waals surface area contributed by atoms with E-state index in [0.717, 1.165) is 17.5 Å². The van der Waals surface area contributed by atoms with Crippen LogP contribution in [0.1, 0.15) is 27.9 Å². The fourth-order valence-corrected chi connectivity index (χ4v) is 4.51. The molecule has 0 bridgehead atoms. The van der Waals surface area contributed by atoms with Gasteiger partial charge in [0.2, 0.25) is 0 Å². The highest BCUT2D eigenvalue weighted by Crippen LogP contribution is 2.37. The molecule has 7 heteroatoms. The molecule has 2 heterocycles. The Balaban J connectivity index is 2.22. The first-order chi connectivity index (χ1) is 11.5. The van der Waals surface area contributed by atoms with Crippen LogP contribution in [-0.4, -0.2) is 33.0 Å². The number of methoxy groups -OCH3 is 1. The predicted molar refractivity (Wildman–Crippen MR) is 89.6 cm³/mol. The molecule has 6 nitrogen and oxygen atoms in total. The van der Waals surface area contributed by atoms with E-state index < -0.39 is 16.0 Å². The summed E-state index contributed by atoms with van der Waals surface area (Å²) in [6, 6.07) is 6.53. The van der Waals surface area contributed by atoms with Gasteiger partial charge in [-0.05, 0) is 49.1 Å². The zero-order chi connectivity index (χ0) is 17.3. The highest BCUT2D eigenvalue weighted by Gasteiger charge is 2.33.